The number of carboxylic acid groups (broad SMARTS) is 1. The lowest BCUT2D eigenvalue weighted by Gasteiger charge is -2.18. The second-order valence-corrected chi connectivity index (χ2v) is 9.39. The monoisotopic (exact) mass is 469 g/mol. The van der Waals surface area contributed by atoms with Crippen LogP contribution in [-0.4, -0.2) is 40.2 Å². The Hall–Kier alpha value is -3.76. The van der Waals surface area contributed by atoms with Crippen LogP contribution in [0.5, 0.6) is 5.75 Å². The smallest absolute Gasteiger partial charge is 0.349 e. The van der Waals surface area contributed by atoms with Gasteiger partial charge in [0.2, 0.25) is 16.1 Å². The molecule has 170 valence electrons. The predicted molar refractivity (Wildman–Crippen MR) is 118 cm³/mol. The van der Waals surface area contributed by atoms with E-state index in [1.807, 2.05) is 0 Å². The number of ether oxygens (including phenoxy) is 1. The van der Waals surface area contributed by atoms with E-state index in [0.717, 1.165) is 16.4 Å². The van der Waals surface area contributed by atoms with Crippen molar-refractivity contribution in [3.63, 3.8) is 0 Å². The number of halogens is 1. The van der Waals surface area contributed by atoms with E-state index in [1.54, 1.807) is 59.4 Å². The van der Waals surface area contributed by atoms with Crippen LogP contribution >= 0.6 is 0 Å². The molecule has 0 saturated heterocycles. The first-order valence-corrected chi connectivity index (χ1v) is 11.3. The van der Waals surface area contributed by atoms with E-state index in [0.29, 0.717) is 22.5 Å². The van der Waals surface area contributed by atoms with E-state index in [-0.39, 0.29) is 11.4 Å². The molecular weight excluding hydrogens is 449 g/mol. The van der Waals surface area contributed by atoms with Crippen LogP contribution in [0.15, 0.2) is 84.1 Å². The number of fused-ring (bicyclic) bond motifs is 1. The molecule has 0 amide bonds. The lowest BCUT2D eigenvalue weighted by molar-refractivity contribution is -0.145. The summed E-state index contributed by atoms with van der Waals surface area (Å²) in [5.41, 5.74) is 1.71. The van der Waals surface area contributed by atoms with Crippen molar-refractivity contribution in [2.45, 2.75) is 17.5 Å². The Bertz CT molecular complexity index is 1390. The number of benzene rings is 2. The van der Waals surface area contributed by atoms with Gasteiger partial charge in [0.25, 0.3) is 0 Å². The normalized spacial score (nSPS) is 12.7. The maximum Gasteiger partial charge on any atom is 0.349 e. The minimum absolute atomic E-state index is 0.00917. The Morgan fingerprint density at radius 2 is 1.82 bits per heavy atom. The van der Waals surface area contributed by atoms with Gasteiger partial charge in [-0.05, 0) is 54.1 Å². The van der Waals surface area contributed by atoms with Gasteiger partial charge in [-0.2, -0.15) is 4.31 Å². The standard InChI is InChI=1S/C23H20FN3O5S/c1-26(33(30,31)20-8-4-18(24)5-9-20)15-16-2-6-19(7-3-16)32-22(23(28)29)17-10-12-27-13-11-25-21(27)14-17/h2-14,22H,15H2,1H3,(H,28,29). The van der Waals surface area contributed by atoms with Crippen LogP contribution in [-0.2, 0) is 21.4 Å². The molecule has 2 heterocycles. The maximum atomic E-state index is 13.1. The summed E-state index contributed by atoms with van der Waals surface area (Å²) in [5.74, 6) is -1.35. The molecule has 1 unspecified atom stereocenters. The van der Waals surface area contributed by atoms with Gasteiger partial charge in [0, 0.05) is 37.7 Å². The number of pyridine rings is 1. The number of carbonyl (C=O) groups is 1. The van der Waals surface area contributed by atoms with Crippen LogP contribution in [0, 0.1) is 5.82 Å². The molecule has 8 nitrogen and oxygen atoms in total. The van der Waals surface area contributed by atoms with Gasteiger partial charge in [0.05, 0.1) is 4.90 Å². The zero-order valence-corrected chi connectivity index (χ0v) is 18.3. The molecule has 33 heavy (non-hydrogen) atoms. The van der Waals surface area contributed by atoms with E-state index in [9.17, 15) is 22.7 Å². The number of rotatable bonds is 8. The van der Waals surface area contributed by atoms with Gasteiger partial charge in [0.15, 0.2) is 0 Å². The topological polar surface area (TPSA) is 101 Å². The van der Waals surface area contributed by atoms with Crippen LogP contribution < -0.4 is 4.74 Å². The zero-order valence-electron chi connectivity index (χ0n) is 17.5. The fraction of sp³-hybridized carbons (Fsp3) is 0.130. The van der Waals surface area contributed by atoms with Crippen molar-refractivity contribution in [1.82, 2.24) is 13.7 Å². The van der Waals surface area contributed by atoms with Crippen LogP contribution in [0.25, 0.3) is 5.65 Å². The molecule has 1 N–H and O–H groups in total. The average Bonchev–Trinajstić information content (AvgIpc) is 3.26. The SMILES string of the molecule is CN(Cc1ccc(OC(C(=O)O)c2ccn3ccnc3c2)cc1)S(=O)(=O)c1ccc(F)cc1. The summed E-state index contributed by atoms with van der Waals surface area (Å²) in [6.07, 6.45) is 3.83. The number of aromatic nitrogens is 2. The number of sulfonamides is 1. The molecule has 0 aliphatic carbocycles. The van der Waals surface area contributed by atoms with Gasteiger partial charge < -0.3 is 14.2 Å². The molecule has 1 atom stereocenters. The number of hydrogen-bond donors (Lipinski definition) is 1. The zero-order chi connectivity index (χ0) is 23.6. The Morgan fingerprint density at radius 3 is 2.48 bits per heavy atom. The average molecular weight is 469 g/mol. The lowest BCUT2D eigenvalue weighted by Crippen LogP contribution is -2.26. The first-order chi connectivity index (χ1) is 15.7. The summed E-state index contributed by atoms with van der Waals surface area (Å²) in [4.78, 5) is 16.0. The highest BCUT2D eigenvalue weighted by Gasteiger charge is 2.23. The molecule has 0 fully saturated rings. The molecule has 0 aliphatic heterocycles. The van der Waals surface area contributed by atoms with Crippen LogP contribution in [0.3, 0.4) is 0 Å². The molecule has 0 aliphatic rings. The molecule has 2 aromatic carbocycles. The maximum absolute atomic E-state index is 13.1. The Labute approximate surface area is 189 Å². The third-order valence-corrected chi connectivity index (χ3v) is 6.87. The van der Waals surface area contributed by atoms with Crippen LogP contribution in [0.1, 0.15) is 17.2 Å². The van der Waals surface area contributed by atoms with Gasteiger partial charge >= 0.3 is 5.97 Å². The van der Waals surface area contributed by atoms with Crippen molar-refractivity contribution in [1.29, 1.82) is 0 Å². The summed E-state index contributed by atoms with van der Waals surface area (Å²) in [6, 6.07) is 14.4. The molecule has 4 aromatic rings. The van der Waals surface area contributed by atoms with Crippen molar-refractivity contribution in [3.8, 4) is 5.75 Å². The van der Waals surface area contributed by atoms with Crippen molar-refractivity contribution in [2.24, 2.45) is 0 Å². The number of imidazole rings is 1. The third-order valence-electron chi connectivity index (χ3n) is 5.05. The van der Waals surface area contributed by atoms with E-state index in [4.69, 9.17) is 4.74 Å². The lowest BCUT2D eigenvalue weighted by atomic mass is 10.1. The van der Waals surface area contributed by atoms with E-state index < -0.39 is 27.9 Å². The number of nitrogens with zero attached hydrogens (tertiary/aromatic N) is 3. The Balaban J connectivity index is 1.47. The predicted octanol–water partition coefficient (Wildman–Crippen LogP) is 3.50. The van der Waals surface area contributed by atoms with Gasteiger partial charge in [0.1, 0.15) is 17.2 Å². The van der Waals surface area contributed by atoms with Crippen molar-refractivity contribution < 1.29 is 27.4 Å². The van der Waals surface area contributed by atoms with Crippen molar-refractivity contribution in [2.75, 3.05) is 7.05 Å². The van der Waals surface area contributed by atoms with Gasteiger partial charge in [-0.15, -0.1) is 0 Å². The van der Waals surface area contributed by atoms with Crippen LogP contribution in [0.4, 0.5) is 4.39 Å². The third kappa shape index (κ3) is 4.86. The van der Waals surface area contributed by atoms with E-state index >= 15 is 0 Å². The second-order valence-electron chi connectivity index (χ2n) is 7.35. The van der Waals surface area contributed by atoms with Gasteiger partial charge in [-0.1, -0.05) is 12.1 Å². The molecule has 0 saturated carbocycles. The first-order valence-electron chi connectivity index (χ1n) is 9.87. The van der Waals surface area contributed by atoms with E-state index in [2.05, 4.69) is 4.98 Å². The molecular formula is C23H20FN3O5S. The molecule has 0 spiro atoms. The van der Waals surface area contributed by atoms with E-state index in [1.165, 1.54) is 19.2 Å². The highest BCUT2D eigenvalue weighted by Crippen LogP contribution is 2.25. The molecule has 2 aromatic heterocycles. The minimum Gasteiger partial charge on any atom is -0.478 e. The summed E-state index contributed by atoms with van der Waals surface area (Å²) < 4.78 is 47.0. The van der Waals surface area contributed by atoms with Crippen LogP contribution in [0.2, 0.25) is 0 Å². The highest BCUT2D eigenvalue weighted by molar-refractivity contribution is 7.89. The fourth-order valence-electron chi connectivity index (χ4n) is 3.29. The van der Waals surface area contributed by atoms with Crippen molar-refractivity contribution in [3.05, 3.63) is 96.2 Å². The summed E-state index contributed by atoms with van der Waals surface area (Å²) >= 11 is 0. The molecule has 0 radical (unpaired) electrons. The van der Waals surface area contributed by atoms with Crippen molar-refractivity contribution >= 4 is 21.6 Å². The molecule has 4 rings (SSSR count). The largest absolute Gasteiger partial charge is 0.478 e. The molecule has 10 heteroatoms. The summed E-state index contributed by atoms with van der Waals surface area (Å²) in [7, 11) is -2.37. The van der Waals surface area contributed by atoms with Gasteiger partial charge in [-0.3, -0.25) is 0 Å². The number of carboxylic acids is 1. The quantitative estimate of drug-likeness (QED) is 0.424. The summed E-state index contributed by atoms with van der Waals surface area (Å²) in [5, 5.41) is 9.65. The highest BCUT2D eigenvalue weighted by atomic mass is 32.2. The molecule has 0 bridgehead atoms. The number of hydrogen-bond acceptors (Lipinski definition) is 5. The van der Waals surface area contributed by atoms with Gasteiger partial charge in [-0.25, -0.2) is 22.6 Å². The minimum atomic E-state index is -3.79. The first kappa shape index (κ1) is 22.4. The Kier molecular flexibility index (Phi) is 6.12. The second kappa shape index (κ2) is 9.00. The summed E-state index contributed by atoms with van der Waals surface area (Å²) in [6.45, 7) is 0.0684. The Morgan fingerprint density at radius 1 is 1.12 bits per heavy atom. The fourth-order valence-corrected chi connectivity index (χ4v) is 4.45. The number of aliphatic carboxylic acids is 1.